The Bertz CT molecular complexity index is 310. The zero-order valence-electron chi connectivity index (χ0n) is 14.8. The van der Waals surface area contributed by atoms with E-state index in [0.29, 0.717) is 0 Å². The quantitative estimate of drug-likeness (QED) is 0.202. The molecule has 0 aliphatic carbocycles. The maximum Gasteiger partial charge on any atom is 0.673 e. The highest BCUT2D eigenvalue weighted by molar-refractivity contribution is 6.50. The van der Waals surface area contributed by atoms with Gasteiger partial charge in [-0.05, 0) is 0 Å². The Morgan fingerprint density at radius 2 is 0.793 bits per heavy atom. The van der Waals surface area contributed by atoms with E-state index in [4.69, 9.17) is 4.74 Å². The Labute approximate surface area is 153 Å². The predicted octanol–water partition coefficient (Wildman–Crippen LogP) is 6.01. The molecule has 0 radical (unpaired) electrons. The number of hydrogen-bond acceptors (Lipinski definition) is 1. The molecule has 0 atom stereocenters. The molecule has 0 aromatic rings. The van der Waals surface area contributed by atoms with E-state index >= 15 is 0 Å². The fourth-order valence-electron chi connectivity index (χ4n) is 0.387. The maximum atomic E-state index is 10.4. The number of halogens is 17. The van der Waals surface area contributed by atoms with Gasteiger partial charge >= 0.3 is 34.4 Å². The lowest BCUT2D eigenvalue weighted by Crippen LogP contribution is -2.35. The van der Waals surface area contributed by atoms with Gasteiger partial charge in [0.2, 0.25) is 0 Å². The van der Waals surface area contributed by atoms with Crippen molar-refractivity contribution in [3.05, 3.63) is 0 Å². The number of nitrogens with zero attached hydrogens (tertiary/aromatic N) is 1. The summed E-state index contributed by atoms with van der Waals surface area (Å²) in [5.74, 6) is 0. The third-order valence-electron chi connectivity index (χ3n) is 0.764. The lowest BCUT2D eigenvalue weighted by Gasteiger charge is -2.21. The fraction of sp³-hybridized carbons (Fsp3) is 1.00. The van der Waals surface area contributed by atoms with Crippen LogP contribution in [0.25, 0.3) is 0 Å². The summed E-state index contributed by atoms with van der Waals surface area (Å²) in [5, 5.41) is 0. The molecule has 29 heavy (non-hydrogen) atoms. The minimum absolute atomic E-state index is 0.778. The molecule has 0 fully saturated rings. The molecule has 0 aromatic heterocycles. The van der Waals surface area contributed by atoms with Gasteiger partial charge in [0, 0.05) is 7.11 Å². The van der Waals surface area contributed by atoms with Crippen LogP contribution in [0.4, 0.5) is 73.7 Å². The monoisotopic (exact) mass is 485 g/mol. The van der Waals surface area contributed by atoms with E-state index in [2.05, 4.69) is 21.1 Å². The molecule has 0 saturated carbocycles. The van der Waals surface area contributed by atoms with Crippen LogP contribution in [0.5, 0.6) is 0 Å². The maximum absolute atomic E-state index is 10.4. The fourth-order valence-corrected chi connectivity index (χ4v) is 0.387. The van der Waals surface area contributed by atoms with Crippen LogP contribution in [0.1, 0.15) is 0 Å². The number of quaternary nitrogens is 1. The molecule has 0 N–H and O–H groups in total. The predicted molar refractivity (Wildman–Crippen MR) is 72.5 cm³/mol. The van der Waals surface area contributed by atoms with Crippen LogP contribution >= 0.6 is 0 Å². The summed E-state index contributed by atoms with van der Waals surface area (Å²) in [4.78, 5) is 0. The van der Waals surface area contributed by atoms with Crippen LogP contribution in [-0.4, -0.2) is 73.8 Å². The van der Waals surface area contributed by atoms with Crippen LogP contribution in [0, 0.1) is 0 Å². The Balaban J connectivity index is -0.0000000836. The van der Waals surface area contributed by atoms with E-state index < -0.39 is 34.4 Å². The van der Waals surface area contributed by atoms with Gasteiger partial charge in [0.05, 0.1) is 21.1 Å². The van der Waals surface area contributed by atoms with Crippen LogP contribution in [0.2, 0.25) is 0 Å². The smallest absolute Gasteiger partial charge is 0.418 e. The van der Waals surface area contributed by atoms with E-state index in [1.807, 2.05) is 0 Å². The highest BCUT2D eigenvalue weighted by atomic mass is 19.5. The highest BCUT2D eigenvalue weighted by Gasteiger charge is 2.40. The summed E-state index contributed by atoms with van der Waals surface area (Å²) in [6.45, 7) is 0.778. The summed E-state index contributed by atoms with van der Waals surface area (Å²) in [5.41, 5.74) is 0. The molecule has 0 spiro atoms. The van der Waals surface area contributed by atoms with Crippen molar-refractivity contribution in [1.29, 1.82) is 0 Å². The number of alkyl halides is 5. The minimum atomic E-state index is -6.00. The Morgan fingerprint density at radius 3 is 0.793 bits per heavy atom. The molecule has 0 aliphatic heterocycles. The van der Waals surface area contributed by atoms with Crippen molar-refractivity contribution in [2.45, 2.75) is 12.6 Å². The summed E-state index contributed by atoms with van der Waals surface area (Å²) < 4.78 is 175. The number of ether oxygens (including phenoxy) is 1. The van der Waals surface area contributed by atoms with Crippen molar-refractivity contribution in [2.24, 2.45) is 0 Å². The van der Waals surface area contributed by atoms with Crippen molar-refractivity contribution in [1.82, 2.24) is 0 Å². The summed E-state index contributed by atoms with van der Waals surface area (Å²) >= 11 is 0. The van der Waals surface area contributed by atoms with Crippen molar-refractivity contribution in [3.63, 3.8) is 0 Å². The van der Waals surface area contributed by atoms with Gasteiger partial charge in [-0.25, -0.2) is 8.78 Å². The third kappa shape index (κ3) is 210. The average molecular weight is 485 g/mol. The van der Waals surface area contributed by atoms with Crippen LogP contribution in [0.3, 0.4) is 0 Å². The lowest BCUT2D eigenvalue weighted by molar-refractivity contribution is -0.890. The van der Waals surface area contributed by atoms with Crippen molar-refractivity contribution in [3.8, 4) is 0 Å². The van der Waals surface area contributed by atoms with E-state index in [9.17, 15) is 73.7 Å². The Morgan fingerprint density at radius 1 is 0.655 bits per heavy atom. The van der Waals surface area contributed by atoms with Crippen molar-refractivity contribution >= 4 is 21.8 Å². The number of hydrogen-bond donors (Lipinski definition) is 0. The summed E-state index contributed by atoms with van der Waals surface area (Å²) in [7, 11) is -10.0. The molecule has 0 aromatic carbocycles. The first-order valence-corrected chi connectivity index (χ1v) is 6.27. The van der Waals surface area contributed by atoms with E-state index in [-0.39, 0.29) is 0 Å². The van der Waals surface area contributed by atoms with E-state index in [0.717, 1.165) is 11.2 Å². The van der Waals surface area contributed by atoms with E-state index in [1.165, 1.54) is 0 Å². The van der Waals surface area contributed by atoms with Crippen LogP contribution in [0.15, 0.2) is 0 Å². The molecule has 0 rings (SSSR count). The standard InChI is InChI=1S/C5H14NO.C2HF5.3BF4/c1-6(2,3)5-7-4;3-1(4)2(5,6)7;3*2-1(3,4)5/h5H2,1-4H3;1H;;;/q+1;;3*-1. The third-order valence-corrected chi connectivity index (χ3v) is 0.764. The molecule has 0 saturated heterocycles. The van der Waals surface area contributed by atoms with Gasteiger partial charge < -0.3 is 61.0 Å². The second-order valence-corrected chi connectivity index (χ2v) is 5.04. The number of methoxy groups -OCH3 is 1. The molecule has 0 unspecified atom stereocenters. The summed E-state index contributed by atoms with van der Waals surface area (Å²) in [6.07, 6.45) is -9.53. The minimum Gasteiger partial charge on any atom is -0.418 e. The average Bonchev–Trinajstić information content (AvgIpc) is 2.18. The highest BCUT2D eigenvalue weighted by Crippen LogP contribution is 2.22. The van der Waals surface area contributed by atoms with Crippen LogP contribution < -0.4 is 0 Å². The molecule has 184 valence electrons. The van der Waals surface area contributed by atoms with E-state index in [1.54, 1.807) is 7.11 Å². The van der Waals surface area contributed by atoms with Crippen LogP contribution in [-0.2, 0) is 4.74 Å². The second-order valence-electron chi connectivity index (χ2n) is 5.04. The molecule has 2 nitrogen and oxygen atoms in total. The summed E-state index contributed by atoms with van der Waals surface area (Å²) in [6, 6.07) is 0. The first-order chi connectivity index (χ1) is 12.0. The van der Waals surface area contributed by atoms with Crippen molar-refractivity contribution in [2.75, 3.05) is 35.0 Å². The largest absolute Gasteiger partial charge is 0.673 e. The first kappa shape index (κ1) is 38.5. The van der Waals surface area contributed by atoms with Gasteiger partial charge in [-0.3, -0.25) is 0 Å². The van der Waals surface area contributed by atoms with Gasteiger partial charge in [-0.15, -0.1) is 0 Å². The topological polar surface area (TPSA) is 9.23 Å². The molecule has 0 bridgehead atoms. The molecule has 22 heteroatoms. The molecule has 0 heterocycles. The molecular weight excluding hydrogens is 469 g/mol. The molecule has 0 amide bonds. The normalized spacial score (nSPS) is 12.2. The van der Waals surface area contributed by atoms with Gasteiger partial charge in [0.25, 0.3) is 0 Å². The lowest BCUT2D eigenvalue weighted by atomic mass is 10.3. The molecular formula is C7H15B3F17NO-2. The van der Waals surface area contributed by atoms with Gasteiger partial charge in [0.15, 0.2) is 6.73 Å². The first-order valence-electron chi connectivity index (χ1n) is 6.27. The zero-order chi connectivity index (χ0) is 25.5. The Hall–Kier alpha value is -1.08. The van der Waals surface area contributed by atoms with Crippen molar-refractivity contribution < 1.29 is 83.0 Å². The number of rotatable bonds is 2. The zero-order valence-corrected chi connectivity index (χ0v) is 14.8. The van der Waals surface area contributed by atoms with Gasteiger partial charge in [-0.1, -0.05) is 0 Å². The SMILES string of the molecule is COC[N+](C)(C)C.FC(F)C(F)(F)F.F[B-](F)(F)F.F[B-](F)(F)F.F[B-](F)(F)F. The van der Waals surface area contributed by atoms with Gasteiger partial charge in [-0.2, -0.15) is 13.2 Å². The molecule has 0 aliphatic rings. The van der Waals surface area contributed by atoms with Gasteiger partial charge in [0.1, 0.15) is 0 Å². The second kappa shape index (κ2) is 15.7. The Kier molecular flexibility index (Phi) is 20.9.